The van der Waals surface area contributed by atoms with Gasteiger partial charge in [0, 0.05) is 6.54 Å². The zero-order valence-electron chi connectivity index (χ0n) is 11.0. The van der Waals surface area contributed by atoms with Gasteiger partial charge < -0.3 is 10.1 Å². The van der Waals surface area contributed by atoms with Gasteiger partial charge in [-0.25, -0.2) is 17.9 Å². The maximum Gasteiger partial charge on any atom is 0.337 e. The molecule has 6 nitrogen and oxygen atoms in total. The maximum atomic E-state index is 12.0. The minimum absolute atomic E-state index is 0.0554. The average molecular weight is 286 g/mol. The fourth-order valence-corrected chi connectivity index (χ4v) is 2.58. The van der Waals surface area contributed by atoms with Crippen LogP contribution in [0.25, 0.3) is 0 Å². The summed E-state index contributed by atoms with van der Waals surface area (Å²) in [7, 11) is -0.541. The first-order valence-corrected chi connectivity index (χ1v) is 7.32. The van der Waals surface area contributed by atoms with Gasteiger partial charge in [0.05, 0.1) is 17.6 Å². The van der Waals surface area contributed by atoms with E-state index in [1.165, 1.54) is 31.4 Å². The lowest BCUT2D eigenvalue weighted by Crippen LogP contribution is -2.27. The van der Waals surface area contributed by atoms with Gasteiger partial charge in [0.15, 0.2) is 0 Å². The van der Waals surface area contributed by atoms with Gasteiger partial charge >= 0.3 is 5.97 Å². The highest BCUT2D eigenvalue weighted by Crippen LogP contribution is 2.12. The normalized spacial score (nSPS) is 11.3. The third-order valence-corrected chi connectivity index (χ3v) is 3.92. The summed E-state index contributed by atoms with van der Waals surface area (Å²) < 4.78 is 31.0. The van der Waals surface area contributed by atoms with Crippen LogP contribution in [0.4, 0.5) is 0 Å². The van der Waals surface area contributed by atoms with E-state index >= 15 is 0 Å². The van der Waals surface area contributed by atoms with Crippen molar-refractivity contribution in [1.29, 1.82) is 0 Å². The minimum atomic E-state index is -3.59. The quantitative estimate of drug-likeness (QED) is 0.558. The standard InChI is InChI=1S/C12H18N2O4S/c1-13-7-4-8-14-19(16,17)11-6-3-5-10(9-11)12(15)18-2/h3,5-6,9,13-14H,4,7-8H2,1-2H3. The van der Waals surface area contributed by atoms with Crippen LogP contribution in [0, 0.1) is 0 Å². The van der Waals surface area contributed by atoms with E-state index in [1.807, 2.05) is 0 Å². The Kier molecular flexibility index (Phi) is 5.94. The number of methoxy groups -OCH3 is 1. The number of nitrogens with one attached hydrogen (secondary N) is 2. The SMILES string of the molecule is CNCCCNS(=O)(=O)c1cccc(C(=O)OC)c1. The molecule has 0 aliphatic carbocycles. The number of esters is 1. The molecule has 7 heteroatoms. The summed E-state index contributed by atoms with van der Waals surface area (Å²) in [5.74, 6) is -0.563. The summed E-state index contributed by atoms with van der Waals surface area (Å²) in [5, 5.41) is 2.93. The van der Waals surface area contributed by atoms with Gasteiger partial charge in [-0.2, -0.15) is 0 Å². The summed E-state index contributed by atoms with van der Waals surface area (Å²) in [6, 6.07) is 5.75. The van der Waals surface area contributed by atoms with Gasteiger partial charge in [0.1, 0.15) is 0 Å². The van der Waals surface area contributed by atoms with E-state index in [4.69, 9.17) is 0 Å². The van der Waals surface area contributed by atoms with Gasteiger partial charge in [-0.3, -0.25) is 0 Å². The molecule has 0 aliphatic rings. The molecule has 0 aliphatic heterocycles. The molecule has 0 atom stereocenters. The molecule has 0 fully saturated rings. The highest BCUT2D eigenvalue weighted by atomic mass is 32.2. The third-order valence-electron chi connectivity index (χ3n) is 2.46. The van der Waals surface area contributed by atoms with Gasteiger partial charge in [-0.05, 0) is 38.2 Å². The second kappa shape index (κ2) is 7.22. The molecule has 0 spiro atoms. The molecule has 0 saturated heterocycles. The molecule has 0 heterocycles. The predicted molar refractivity (Wildman–Crippen MR) is 71.5 cm³/mol. The molecule has 106 valence electrons. The largest absolute Gasteiger partial charge is 0.465 e. The average Bonchev–Trinajstić information content (AvgIpc) is 2.43. The van der Waals surface area contributed by atoms with Gasteiger partial charge in [0.2, 0.25) is 10.0 Å². The number of rotatable bonds is 7. The molecule has 0 amide bonds. The monoisotopic (exact) mass is 286 g/mol. The molecule has 19 heavy (non-hydrogen) atoms. The number of benzene rings is 1. The Morgan fingerprint density at radius 3 is 2.68 bits per heavy atom. The first-order valence-electron chi connectivity index (χ1n) is 5.84. The lowest BCUT2D eigenvalue weighted by atomic mass is 10.2. The second-order valence-corrected chi connectivity index (χ2v) is 5.64. The van der Waals surface area contributed by atoms with Crippen molar-refractivity contribution in [3.05, 3.63) is 29.8 Å². The van der Waals surface area contributed by atoms with Crippen LogP contribution in [0.2, 0.25) is 0 Å². The Balaban J connectivity index is 2.80. The van der Waals surface area contributed by atoms with Crippen LogP contribution in [0.3, 0.4) is 0 Å². The predicted octanol–water partition coefficient (Wildman–Crippen LogP) is 0.361. The first kappa shape index (κ1) is 15.6. The van der Waals surface area contributed by atoms with Crippen molar-refractivity contribution >= 4 is 16.0 Å². The molecule has 0 aromatic heterocycles. The van der Waals surface area contributed by atoms with E-state index in [9.17, 15) is 13.2 Å². The lowest BCUT2D eigenvalue weighted by Gasteiger charge is -2.07. The number of hydrogen-bond donors (Lipinski definition) is 2. The molecule has 0 unspecified atom stereocenters. The van der Waals surface area contributed by atoms with Crippen LogP contribution in [0.1, 0.15) is 16.8 Å². The third kappa shape index (κ3) is 4.62. The van der Waals surface area contributed by atoms with Crippen LogP contribution >= 0.6 is 0 Å². The van der Waals surface area contributed by atoms with Crippen molar-refractivity contribution in [2.45, 2.75) is 11.3 Å². The number of hydrogen-bond acceptors (Lipinski definition) is 5. The van der Waals surface area contributed by atoms with Crippen LogP contribution in [-0.2, 0) is 14.8 Å². The maximum absolute atomic E-state index is 12.0. The van der Waals surface area contributed by atoms with Crippen molar-refractivity contribution in [1.82, 2.24) is 10.0 Å². The lowest BCUT2D eigenvalue weighted by molar-refractivity contribution is 0.0600. The summed E-state index contributed by atoms with van der Waals surface area (Å²) in [4.78, 5) is 11.4. The summed E-state index contributed by atoms with van der Waals surface area (Å²) >= 11 is 0. The second-order valence-electron chi connectivity index (χ2n) is 3.87. The fraction of sp³-hybridized carbons (Fsp3) is 0.417. The zero-order valence-corrected chi connectivity index (χ0v) is 11.8. The summed E-state index contributed by atoms with van der Waals surface area (Å²) in [6.45, 7) is 1.07. The molecular formula is C12H18N2O4S. The molecular weight excluding hydrogens is 268 g/mol. The van der Waals surface area contributed by atoms with Crippen LogP contribution in [0.15, 0.2) is 29.2 Å². The summed E-state index contributed by atoms with van der Waals surface area (Å²) in [5.41, 5.74) is 0.209. The minimum Gasteiger partial charge on any atom is -0.465 e. The Bertz CT molecular complexity index is 528. The van der Waals surface area contributed by atoms with Crippen molar-refractivity contribution in [3.63, 3.8) is 0 Å². The van der Waals surface area contributed by atoms with Crippen molar-refractivity contribution in [2.24, 2.45) is 0 Å². The molecule has 1 aromatic carbocycles. The smallest absolute Gasteiger partial charge is 0.337 e. The van der Waals surface area contributed by atoms with E-state index in [-0.39, 0.29) is 10.5 Å². The van der Waals surface area contributed by atoms with Crippen molar-refractivity contribution in [3.8, 4) is 0 Å². The highest BCUT2D eigenvalue weighted by Gasteiger charge is 2.15. The highest BCUT2D eigenvalue weighted by molar-refractivity contribution is 7.89. The molecule has 0 radical (unpaired) electrons. The van der Waals surface area contributed by atoms with Gasteiger partial charge in [-0.1, -0.05) is 6.07 Å². The Labute approximate surface area is 113 Å². The van der Waals surface area contributed by atoms with Crippen LogP contribution in [-0.4, -0.2) is 41.6 Å². The molecule has 0 bridgehead atoms. The molecule has 2 N–H and O–H groups in total. The number of carbonyl (C=O) groups excluding carboxylic acids is 1. The zero-order chi connectivity index (χ0) is 14.3. The van der Waals surface area contributed by atoms with Crippen LogP contribution in [0.5, 0.6) is 0 Å². The number of sulfonamides is 1. The fourth-order valence-electron chi connectivity index (χ4n) is 1.46. The van der Waals surface area contributed by atoms with Gasteiger partial charge in [0.25, 0.3) is 0 Å². The molecule has 1 rings (SSSR count). The van der Waals surface area contributed by atoms with Crippen LogP contribution < -0.4 is 10.0 Å². The number of carbonyl (C=O) groups is 1. The van der Waals surface area contributed by atoms with Gasteiger partial charge in [-0.15, -0.1) is 0 Å². The number of ether oxygens (including phenoxy) is 1. The van der Waals surface area contributed by atoms with Crippen molar-refractivity contribution in [2.75, 3.05) is 27.2 Å². The Hall–Kier alpha value is -1.44. The molecule has 0 saturated carbocycles. The Morgan fingerprint density at radius 2 is 2.05 bits per heavy atom. The molecule has 1 aromatic rings. The van der Waals surface area contributed by atoms with E-state index in [2.05, 4.69) is 14.8 Å². The topological polar surface area (TPSA) is 84.5 Å². The summed E-state index contributed by atoms with van der Waals surface area (Å²) in [6.07, 6.45) is 0.687. The van der Waals surface area contributed by atoms with E-state index in [1.54, 1.807) is 7.05 Å². The van der Waals surface area contributed by atoms with Crippen molar-refractivity contribution < 1.29 is 17.9 Å². The Morgan fingerprint density at radius 1 is 1.32 bits per heavy atom. The first-order chi connectivity index (χ1) is 9.01. The van der Waals surface area contributed by atoms with E-state index in [0.717, 1.165) is 6.54 Å². The van der Waals surface area contributed by atoms with E-state index in [0.29, 0.717) is 13.0 Å². The van der Waals surface area contributed by atoms with E-state index < -0.39 is 16.0 Å².